The molecular weight excluding hydrogens is 504 g/mol. The summed E-state index contributed by atoms with van der Waals surface area (Å²) >= 11 is 2.14. The maximum atomic E-state index is 13.4. The molecule has 30 heavy (non-hydrogen) atoms. The van der Waals surface area contributed by atoms with Crippen molar-refractivity contribution in [3.05, 3.63) is 69.4 Å². The van der Waals surface area contributed by atoms with E-state index in [-0.39, 0.29) is 11.8 Å². The van der Waals surface area contributed by atoms with Crippen LogP contribution in [0, 0.1) is 3.57 Å². The summed E-state index contributed by atoms with van der Waals surface area (Å²) in [5, 5.41) is 5.77. The highest BCUT2D eigenvalue weighted by Gasteiger charge is 2.35. The van der Waals surface area contributed by atoms with E-state index >= 15 is 0 Å². The minimum absolute atomic E-state index is 0.102. The number of halogens is 4. The van der Waals surface area contributed by atoms with Gasteiger partial charge in [-0.25, -0.2) is 4.98 Å². The van der Waals surface area contributed by atoms with Crippen LogP contribution in [0.15, 0.2) is 54.7 Å². The molecule has 156 valence electrons. The van der Waals surface area contributed by atoms with Crippen LogP contribution in [0.25, 0.3) is 0 Å². The molecule has 1 saturated carbocycles. The average molecular weight is 524 g/mol. The number of nitrogens with one attached hydrogen (secondary N) is 2. The van der Waals surface area contributed by atoms with Gasteiger partial charge in [0.2, 0.25) is 5.95 Å². The van der Waals surface area contributed by atoms with Gasteiger partial charge in [0.05, 0.1) is 0 Å². The van der Waals surface area contributed by atoms with E-state index in [1.54, 1.807) is 12.1 Å². The summed E-state index contributed by atoms with van der Waals surface area (Å²) in [6.07, 6.45) is 1.19. The maximum absolute atomic E-state index is 13.4. The molecule has 2 N–H and O–H groups in total. The summed E-state index contributed by atoms with van der Waals surface area (Å²) in [5.41, 5.74) is 1.64. The lowest BCUT2D eigenvalue weighted by Gasteiger charge is -2.15. The first kappa shape index (κ1) is 20.9. The Kier molecular flexibility index (Phi) is 6.12. The minimum atomic E-state index is -4.56. The van der Waals surface area contributed by atoms with Gasteiger partial charge in [-0.1, -0.05) is 25.0 Å². The number of alkyl halides is 3. The van der Waals surface area contributed by atoms with Crippen molar-refractivity contribution in [1.82, 2.24) is 9.97 Å². The molecule has 0 unspecified atom stereocenters. The van der Waals surface area contributed by atoms with Crippen molar-refractivity contribution in [3.63, 3.8) is 0 Å². The molecule has 0 amide bonds. The van der Waals surface area contributed by atoms with Gasteiger partial charge >= 0.3 is 6.18 Å². The molecule has 1 aromatic heterocycles. The zero-order chi connectivity index (χ0) is 21.1. The van der Waals surface area contributed by atoms with Crippen molar-refractivity contribution in [1.29, 1.82) is 0 Å². The lowest BCUT2D eigenvalue weighted by atomic mass is 9.98. The van der Waals surface area contributed by atoms with E-state index in [9.17, 15) is 13.2 Å². The molecule has 4 nitrogen and oxygen atoms in total. The van der Waals surface area contributed by atoms with E-state index in [4.69, 9.17) is 0 Å². The molecule has 0 saturated heterocycles. The first-order chi connectivity index (χ1) is 14.4. The number of nitrogens with zero attached hydrogens (tertiary/aromatic N) is 2. The summed E-state index contributed by atoms with van der Waals surface area (Å²) in [5.74, 6) is 0.416. The standard InChI is InChI=1S/C22H20F3IN4/c23-22(24,25)19-13-27-21(30-20(19)28-17-11-7-16(26)8-12-17)29-18-9-5-15(6-10-18)14-3-1-2-4-14/h5-14H,1-4H2,(H2,27,28,29,30). The lowest BCUT2D eigenvalue weighted by Crippen LogP contribution is -2.12. The average Bonchev–Trinajstić information content (AvgIpc) is 3.24. The first-order valence-corrected chi connectivity index (χ1v) is 10.8. The van der Waals surface area contributed by atoms with Gasteiger partial charge < -0.3 is 10.6 Å². The number of hydrogen-bond donors (Lipinski definition) is 2. The van der Waals surface area contributed by atoms with Crippen LogP contribution in [0.1, 0.15) is 42.7 Å². The fraction of sp³-hybridized carbons (Fsp3) is 0.273. The number of hydrogen-bond acceptors (Lipinski definition) is 4. The van der Waals surface area contributed by atoms with Crippen LogP contribution in [0.2, 0.25) is 0 Å². The molecule has 0 bridgehead atoms. The molecule has 1 heterocycles. The van der Waals surface area contributed by atoms with Crippen molar-refractivity contribution in [3.8, 4) is 0 Å². The van der Waals surface area contributed by atoms with Gasteiger partial charge in [-0.3, -0.25) is 0 Å². The molecule has 0 atom stereocenters. The molecule has 8 heteroatoms. The Labute approximate surface area is 186 Å². The smallest absolute Gasteiger partial charge is 0.340 e. The van der Waals surface area contributed by atoms with Crippen molar-refractivity contribution < 1.29 is 13.2 Å². The Morgan fingerprint density at radius 2 is 1.47 bits per heavy atom. The predicted octanol–water partition coefficient (Wildman–Crippen LogP) is 7.24. The molecule has 1 fully saturated rings. The number of benzene rings is 2. The highest BCUT2D eigenvalue weighted by molar-refractivity contribution is 14.1. The van der Waals surface area contributed by atoms with E-state index < -0.39 is 11.7 Å². The highest BCUT2D eigenvalue weighted by Crippen LogP contribution is 2.36. The largest absolute Gasteiger partial charge is 0.421 e. The summed E-state index contributed by atoms with van der Waals surface area (Å²) in [7, 11) is 0. The third-order valence-electron chi connectivity index (χ3n) is 5.19. The number of anilines is 4. The van der Waals surface area contributed by atoms with Gasteiger partial charge in [0.15, 0.2) is 0 Å². The summed E-state index contributed by atoms with van der Waals surface area (Å²) in [6.45, 7) is 0. The van der Waals surface area contributed by atoms with Gasteiger partial charge in [0.25, 0.3) is 0 Å². The third-order valence-corrected chi connectivity index (χ3v) is 5.91. The molecule has 0 aliphatic heterocycles. The molecule has 1 aliphatic rings. The van der Waals surface area contributed by atoms with Crippen molar-refractivity contribution in [2.24, 2.45) is 0 Å². The Bertz CT molecular complexity index is 998. The number of aromatic nitrogens is 2. The monoisotopic (exact) mass is 524 g/mol. The zero-order valence-electron chi connectivity index (χ0n) is 16.0. The Balaban J connectivity index is 1.56. The van der Waals surface area contributed by atoms with Crippen LogP contribution in [-0.2, 0) is 6.18 Å². The summed E-state index contributed by atoms with van der Waals surface area (Å²) in [4.78, 5) is 7.97. The van der Waals surface area contributed by atoms with Gasteiger partial charge in [0.1, 0.15) is 11.4 Å². The van der Waals surface area contributed by atoms with E-state index in [1.165, 1.54) is 31.2 Å². The fourth-order valence-corrected chi connectivity index (χ4v) is 4.00. The Morgan fingerprint density at radius 3 is 2.10 bits per heavy atom. The molecule has 3 aromatic rings. The molecule has 2 aromatic carbocycles. The van der Waals surface area contributed by atoms with Crippen molar-refractivity contribution >= 4 is 45.7 Å². The second-order valence-electron chi connectivity index (χ2n) is 7.31. The molecule has 4 rings (SSSR count). The second kappa shape index (κ2) is 8.79. The van der Waals surface area contributed by atoms with Crippen LogP contribution in [0.3, 0.4) is 0 Å². The topological polar surface area (TPSA) is 49.8 Å². The third kappa shape index (κ3) is 5.03. The highest BCUT2D eigenvalue weighted by atomic mass is 127. The van der Waals surface area contributed by atoms with Gasteiger partial charge in [-0.15, -0.1) is 0 Å². The summed E-state index contributed by atoms with van der Waals surface area (Å²) < 4.78 is 41.3. The Morgan fingerprint density at radius 1 is 0.867 bits per heavy atom. The first-order valence-electron chi connectivity index (χ1n) is 9.72. The molecule has 1 aliphatic carbocycles. The van der Waals surface area contributed by atoms with Crippen LogP contribution in [0.5, 0.6) is 0 Å². The van der Waals surface area contributed by atoms with E-state index in [2.05, 4.69) is 55.3 Å². The fourth-order valence-electron chi connectivity index (χ4n) is 3.64. The molecule has 0 spiro atoms. The predicted molar refractivity (Wildman–Crippen MR) is 120 cm³/mol. The van der Waals surface area contributed by atoms with Gasteiger partial charge in [-0.2, -0.15) is 18.2 Å². The van der Waals surface area contributed by atoms with Crippen LogP contribution < -0.4 is 10.6 Å². The SMILES string of the molecule is FC(F)(F)c1cnc(Nc2ccc(C3CCCC3)cc2)nc1Nc1ccc(I)cc1. The van der Waals surface area contributed by atoms with Gasteiger partial charge in [-0.05, 0) is 83.3 Å². The minimum Gasteiger partial charge on any atom is -0.340 e. The van der Waals surface area contributed by atoms with Crippen LogP contribution >= 0.6 is 22.6 Å². The van der Waals surface area contributed by atoms with Crippen molar-refractivity contribution in [2.45, 2.75) is 37.8 Å². The van der Waals surface area contributed by atoms with Crippen LogP contribution in [-0.4, -0.2) is 9.97 Å². The lowest BCUT2D eigenvalue weighted by molar-refractivity contribution is -0.137. The number of rotatable bonds is 5. The van der Waals surface area contributed by atoms with E-state index in [0.717, 1.165) is 15.5 Å². The maximum Gasteiger partial charge on any atom is 0.421 e. The van der Waals surface area contributed by atoms with Gasteiger partial charge in [0, 0.05) is 21.1 Å². The van der Waals surface area contributed by atoms with E-state index in [0.29, 0.717) is 11.6 Å². The quantitative estimate of drug-likeness (QED) is 0.346. The molecular formula is C22H20F3IN4. The second-order valence-corrected chi connectivity index (χ2v) is 8.56. The zero-order valence-corrected chi connectivity index (χ0v) is 18.2. The van der Waals surface area contributed by atoms with E-state index in [1.807, 2.05) is 24.3 Å². The van der Waals surface area contributed by atoms with Crippen LogP contribution in [0.4, 0.5) is 36.3 Å². The normalized spacial score (nSPS) is 14.7. The van der Waals surface area contributed by atoms with Crippen molar-refractivity contribution in [2.75, 3.05) is 10.6 Å². The Hall–Kier alpha value is -2.36. The summed E-state index contributed by atoms with van der Waals surface area (Å²) in [6, 6.07) is 15.0. The molecule has 0 radical (unpaired) electrons.